The highest BCUT2D eigenvalue weighted by Gasteiger charge is 2.24. The molecule has 1 aliphatic heterocycles. The highest BCUT2D eigenvalue weighted by atomic mass is 79.9. The van der Waals surface area contributed by atoms with Gasteiger partial charge in [0, 0.05) is 16.5 Å². The fraction of sp³-hybridized carbons (Fsp3) is 0.333. The smallest absolute Gasteiger partial charge is 0.127 e. The van der Waals surface area contributed by atoms with Gasteiger partial charge < -0.3 is 10.1 Å². The number of halogens is 1. The van der Waals surface area contributed by atoms with Gasteiger partial charge in [-0.1, -0.05) is 39.7 Å². The van der Waals surface area contributed by atoms with E-state index in [1.807, 2.05) is 7.05 Å². The summed E-state index contributed by atoms with van der Waals surface area (Å²) in [6.07, 6.45) is 0.991. The molecule has 2 aromatic carbocycles. The first-order chi connectivity index (χ1) is 10.1. The van der Waals surface area contributed by atoms with Gasteiger partial charge >= 0.3 is 0 Å². The second-order valence-corrected chi connectivity index (χ2v) is 6.58. The summed E-state index contributed by atoms with van der Waals surface area (Å²) in [6.45, 7) is 5.08. The Morgan fingerprint density at radius 3 is 2.67 bits per heavy atom. The average molecular weight is 346 g/mol. The molecule has 21 heavy (non-hydrogen) atoms. The number of rotatable bonds is 3. The van der Waals surface area contributed by atoms with Crippen LogP contribution in [-0.4, -0.2) is 13.7 Å². The molecule has 1 atom stereocenters. The lowest BCUT2D eigenvalue weighted by Gasteiger charge is -2.22. The molecule has 3 rings (SSSR count). The molecular formula is C18H20BrNO. The van der Waals surface area contributed by atoms with Gasteiger partial charge in [0.2, 0.25) is 0 Å². The van der Waals surface area contributed by atoms with Crippen LogP contribution in [-0.2, 0) is 6.42 Å². The lowest BCUT2D eigenvalue weighted by atomic mass is 9.92. The fourth-order valence-corrected chi connectivity index (χ4v) is 3.66. The van der Waals surface area contributed by atoms with Gasteiger partial charge in [-0.3, -0.25) is 0 Å². The molecule has 2 nitrogen and oxygen atoms in total. The quantitative estimate of drug-likeness (QED) is 0.894. The number of nitrogens with one attached hydrogen (secondary N) is 1. The first kappa shape index (κ1) is 14.6. The van der Waals surface area contributed by atoms with E-state index >= 15 is 0 Å². The van der Waals surface area contributed by atoms with Gasteiger partial charge in [0.1, 0.15) is 5.75 Å². The summed E-state index contributed by atoms with van der Waals surface area (Å²) in [5.41, 5.74) is 6.41. The molecule has 0 spiro atoms. The van der Waals surface area contributed by atoms with Gasteiger partial charge in [0.05, 0.1) is 12.6 Å². The molecule has 0 amide bonds. The Morgan fingerprint density at radius 2 is 1.95 bits per heavy atom. The maximum absolute atomic E-state index is 5.89. The Labute approximate surface area is 134 Å². The normalized spacial score (nSPS) is 14.7. The van der Waals surface area contributed by atoms with Gasteiger partial charge in [0.15, 0.2) is 0 Å². The largest absolute Gasteiger partial charge is 0.493 e. The van der Waals surface area contributed by atoms with Crippen LogP contribution in [0.4, 0.5) is 0 Å². The van der Waals surface area contributed by atoms with Crippen molar-refractivity contribution in [2.75, 3.05) is 13.7 Å². The van der Waals surface area contributed by atoms with Crippen molar-refractivity contribution in [1.82, 2.24) is 5.32 Å². The zero-order chi connectivity index (χ0) is 15.0. The number of aryl methyl sites for hydroxylation is 2. The summed E-state index contributed by atoms with van der Waals surface area (Å²) in [6, 6.07) is 11.1. The van der Waals surface area contributed by atoms with Crippen molar-refractivity contribution in [1.29, 1.82) is 0 Å². The Morgan fingerprint density at radius 1 is 1.14 bits per heavy atom. The zero-order valence-electron chi connectivity index (χ0n) is 12.7. The Hall–Kier alpha value is -1.32. The van der Waals surface area contributed by atoms with Crippen LogP contribution >= 0.6 is 15.9 Å². The standard InChI is InChI=1S/C18H20BrNO/c1-11-4-5-15(12(2)8-11)17(20-3)16-10-14(19)9-13-6-7-21-18(13)16/h4-5,8-10,17,20H,6-7H2,1-3H3. The van der Waals surface area contributed by atoms with Gasteiger partial charge in [0.25, 0.3) is 0 Å². The number of fused-ring (bicyclic) bond motifs is 1. The predicted molar refractivity (Wildman–Crippen MR) is 90.2 cm³/mol. The predicted octanol–water partition coefficient (Wildman–Crippen LogP) is 4.31. The molecule has 1 N–H and O–H groups in total. The molecule has 0 fully saturated rings. The molecule has 1 unspecified atom stereocenters. The van der Waals surface area contributed by atoms with E-state index in [-0.39, 0.29) is 6.04 Å². The van der Waals surface area contributed by atoms with Crippen molar-refractivity contribution in [3.8, 4) is 5.75 Å². The van der Waals surface area contributed by atoms with Gasteiger partial charge in [-0.25, -0.2) is 0 Å². The number of ether oxygens (including phenoxy) is 1. The molecule has 0 radical (unpaired) electrons. The van der Waals surface area contributed by atoms with Crippen molar-refractivity contribution < 1.29 is 4.74 Å². The van der Waals surface area contributed by atoms with Gasteiger partial charge in [-0.05, 0) is 49.7 Å². The highest BCUT2D eigenvalue weighted by molar-refractivity contribution is 9.10. The number of hydrogen-bond donors (Lipinski definition) is 1. The maximum atomic E-state index is 5.89. The summed E-state index contributed by atoms with van der Waals surface area (Å²) in [5, 5.41) is 3.45. The molecule has 1 aliphatic rings. The molecule has 0 saturated heterocycles. The van der Waals surface area contributed by atoms with Crippen molar-refractivity contribution in [2.45, 2.75) is 26.3 Å². The SMILES string of the molecule is CNC(c1ccc(C)cc1C)c1cc(Br)cc2c1OCC2. The van der Waals surface area contributed by atoms with E-state index in [9.17, 15) is 0 Å². The first-order valence-corrected chi connectivity index (χ1v) is 8.09. The highest BCUT2D eigenvalue weighted by Crippen LogP contribution is 2.39. The van der Waals surface area contributed by atoms with E-state index < -0.39 is 0 Å². The van der Waals surface area contributed by atoms with Crippen LogP contribution in [0.2, 0.25) is 0 Å². The van der Waals surface area contributed by atoms with E-state index in [0.29, 0.717) is 0 Å². The zero-order valence-corrected chi connectivity index (χ0v) is 14.3. The monoisotopic (exact) mass is 345 g/mol. The lowest BCUT2D eigenvalue weighted by Crippen LogP contribution is -2.19. The van der Waals surface area contributed by atoms with E-state index in [0.717, 1.165) is 23.2 Å². The third kappa shape index (κ3) is 2.72. The van der Waals surface area contributed by atoms with Crippen LogP contribution in [0.15, 0.2) is 34.8 Å². The van der Waals surface area contributed by atoms with Crippen LogP contribution in [0.5, 0.6) is 5.75 Å². The van der Waals surface area contributed by atoms with E-state index in [1.165, 1.54) is 27.8 Å². The minimum Gasteiger partial charge on any atom is -0.493 e. The van der Waals surface area contributed by atoms with E-state index in [4.69, 9.17) is 4.74 Å². The van der Waals surface area contributed by atoms with Crippen LogP contribution in [0.1, 0.15) is 33.9 Å². The molecule has 0 aliphatic carbocycles. The maximum Gasteiger partial charge on any atom is 0.127 e. The molecule has 2 aromatic rings. The summed E-state index contributed by atoms with van der Waals surface area (Å²) in [4.78, 5) is 0. The molecule has 1 heterocycles. The fourth-order valence-electron chi connectivity index (χ4n) is 3.14. The summed E-state index contributed by atoms with van der Waals surface area (Å²) in [5.74, 6) is 1.05. The summed E-state index contributed by atoms with van der Waals surface area (Å²) >= 11 is 3.63. The van der Waals surface area contributed by atoms with Gasteiger partial charge in [-0.2, -0.15) is 0 Å². The molecule has 3 heteroatoms. The molecule has 0 aromatic heterocycles. The van der Waals surface area contributed by atoms with Crippen LogP contribution in [0.25, 0.3) is 0 Å². The Balaban J connectivity index is 2.13. The second kappa shape index (κ2) is 5.82. The van der Waals surface area contributed by atoms with Crippen LogP contribution in [0, 0.1) is 13.8 Å². The average Bonchev–Trinajstić information content (AvgIpc) is 2.89. The van der Waals surface area contributed by atoms with Crippen molar-refractivity contribution in [3.63, 3.8) is 0 Å². The molecular weight excluding hydrogens is 326 g/mol. The number of benzene rings is 2. The second-order valence-electron chi connectivity index (χ2n) is 5.66. The van der Waals surface area contributed by atoms with E-state index in [1.54, 1.807) is 0 Å². The van der Waals surface area contributed by atoms with Crippen LogP contribution in [0.3, 0.4) is 0 Å². The molecule has 110 valence electrons. The minimum atomic E-state index is 0.148. The first-order valence-electron chi connectivity index (χ1n) is 7.29. The lowest BCUT2D eigenvalue weighted by molar-refractivity contribution is 0.351. The molecule has 0 bridgehead atoms. The van der Waals surface area contributed by atoms with Crippen molar-refractivity contribution in [3.05, 3.63) is 62.6 Å². The van der Waals surface area contributed by atoms with E-state index in [2.05, 4.69) is 65.4 Å². The number of hydrogen-bond acceptors (Lipinski definition) is 2. The summed E-state index contributed by atoms with van der Waals surface area (Å²) < 4.78 is 7.01. The van der Waals surface area contributed by atoms with Crippen molar-refractivity contribution in [2.24, 2.45) is 0 Å². The van der Waals surface area contributed by atoms with Crippen LogP contribution < -0.4 is 10.1 Å². The Bertz CT molecular complexity index is 681. The summed E-state index contributed by atoms with van der Waals surface area (Å²) in [7, 11) is 2.01. The topological polar surface area (TPSA) is 21.3 Å². The van der Waals surface area contributed by atoms with Crippen molar-refractivity contribution >= 4 is 15.9 Å². The molecule has 0 saturated carbocycles. The Kier molecular flexibility index (Phi) is 4.05. The third-order valence-corrected chi connectivity index (χ3v) is 4.57. The minimum absolute atomic E-state index is 0.148. The third-order valence-electron chi connectivity index (χ3n) is 4.11. The van der Waals surface area contributed by atoms with Gasteiger partial charge in [-0.15, -0.1) is 0 Å².